The maximum absolute atomic E-state index is 11.2. The molecule has 15 heavy (non-hydrogen) atoms. The summed E-state index contributed by atoms with van der Waals surface area (Å²) in [7, 11) is 0. The molecule has 1 fully saturated rings. The van der Waals surface area contributed by atoms with E-state index in [1.54, 1.807) is 6.08 Å². The minimum atomic E-state index is -0.402. The molecule has 0 amide bonds. The van der Waals surface area contributed by atoms with E-state index >= 15 is 0 Å². The van der Waals surface area contributed by atoms with Crippen molar-refractivity contribution in [1.82, 2.24) is 0 Å². The molecule has 0 aromatic carbocycles. The first-order chi connectivity index (χ1) is 7.15. The molecular formula is C13H22O2. The molecule has 1 saturated carbocycles. The van der Waals surface area contributed by atoms with E-state index in [1.165, 1.54) is 19.3 Å². The quantitative estimate of drug-likeness (QED) is 0.724. The predicted molar refractivity (Wildman–Crippen MR) is 61.6 cm³/mol. The van der Waals surface area contributed by atoms with Gasteiger partial charge in [0.05, 0.1) is 6.10 Å². The number of ketones is 1. The van der Waals surface area contributed by atoms with Crippen molar-refractivity contribution in [3.05, 3.63) is 11.6 Å². The molecule has 0 spiro atoms. The van der Waals surface area contributed by atoms with E-state index in [0.717, 1.165) is 18.4 Å². The SMILES string of the molecule is CCC(=O)/C=C(/C)C(O)C1CCCCC1. The van der Waals surface area contributed by atoms with E-state index in [9.17, 15) is 9.90 Å². The summed E-state index contributed by atoms with van der Waals surface area (Å²) in [5.74, 6) is 0.488. The molecule has 0 radical (unpaired) electrons. The first-order valence-corrected chi connectivity index (χ1v) is 6.04. The standard InChI is InChI=1S/C13H22O2/c1-3-12(14)9-10(2)13(15)11-7-5-4-6-8-11/h9,11,13,15H,3-8H2,1-2H3/b10-9-. The van der Waals surface area contributed by atoms with Crippen molar-refractivity contribution in [2.24, 2.45) is 5.92 Å². The second kappa shape index (κ2) is 6.06. The smallest absolute Gasteiger partial charge is 0.155 e. The molecule has 0 aromatic heterocycles. The maximum Gasteiger partial charge on any atom is 0.155 e. The highest BCUT2D eigenvalue weighted by molar-refractivity contribution is 5.90. The van der Waals surface area contributed by atoms with Gasteiger partial charge >= 0.3 is 0 Å². The zero-order valence-electron chi connectivity index (χ0n) is 9.83. The van der Waals surface area contributed by atoms with Crippen molar-refractivity contribution < 1.29 is 9.90 Å². The number of carbonyl (C=O) groups is 1. The summed E-state index contributed by atoms with van der Waals surface area (Å²) in [6, 6.07) is 0. The Kier molecular flexibility index (Phi) is 5.03. The van der Waals surface area contributed by atoms with Crippen LogP contribution in [0.3, 0.4) is 0 Å². The van der Waals surface area contributed by atoms with Crippen molar-refractivity contribution in [2.45, 2.75) is 58.5 Å². The van der Waals surface area contributed by atoms with Gasteiger partial charge in [0.25, 0.3) is 0 Å². The minimum Gasteiger partial charge on any atom is -0.388 e. The highest BCUT2D eigenvalue weighted by Gasteiger charge is 2.22. The first kappa shape index (κ1) is 12.4. The van der Waals surface area contributed by atoms with Crippen LogP contribution in [0.2, 0.25) is 0 Å². The number of allylic oxidation sites excluding steroid dienone is 1. The number of hydrogen-bond acceptors (Lipinski definition) is 2. The largest absolute Gasteiger partial charge is 0.388 e. The van der Waals surface area contributed by atoms with Gasteiger partial charge in [0.15, 0.2) is 5.78 Å². The molecule has 0 aliphatic heterocycles. The second-order valence-corrected chi connectivity index (χ2v) is 4.55. The van der Waals surface area contributed by atoms with Gasteiger partial charge < -0.3 is 5.11 Å². The lowest BCUT2D eigenvalue weighted by Gasteiger charge is -2.27. The molecule has 2 nitrogen and oxygen atoms in total. The highest BCUT2D eigenvalue weighted by atomic mass is 16.3. The normalized spacial score (nSPS) is 21.4. The number of hydrogen-bond donors (Lipinski definition) is 1. The summed E-state index contributed by atoms with van der Waals surface area (Å²) >= 11 is 0. The van der Waals surface area contributed by atoms with Crippen LogP contribution in [0.25, 0.3) is 0 Å². The lowest BCUT2D eigenvalue weighted by Crippen LogP contribution is -2.24. The van der Waals surface area contributed by atoms with Crippen LogP contribution in [0.1, 0.15) is 52.4 Å². The van der Waals surface area contributed by atoms with E-state index in [2.05, 4.69) is 0 Å². The van der Waals surface area contributed by atoms with Crippen LogP contribution in [0.4, 0.5) is 0 Å². The summed E-state index contributed by atoms with van der Waals surface area (Å²) in [6.45, 7) is 3.71. The third kappa shape index (κ3) is 3.78. The average molecular weight is 210 g/mol. The maximum atomic E-state index is 11.2. The van der Waals surface area contributed by atoms with E-state index < -0.39 is 6.10 Å². The first-order valence-electron chi connectivity index (χ1n) is 6.04. The summed E-state index contributed by atoms with van der Waals surface area (Å²) in [4.78, 5) is 11.2. The van der Waals surface area contributed by atoms with Crippen LogP contribution in [-0.4, -0.2) is 17.0 Å². The van der Waals surface area contributed by atoms with Gasteiger partial charge in [0.1, 0.15) is 0 Å². The molecule has 1 unspecified atom stereocenters. The summed E-state index contributed by atoms with van der Waals surface area (Å²) in [5, 5.41) is 10.1. The van der Waals surface area contributed by atoms with Gasteiger partial charge in [-0.25, -0.2) is 0 Å². The second-order valence-electron chi connectivity index (χ2n) is 4.55. The summed E-state index contributed by atoms with van der Waals surface area (Å²) in [6.07, 6.45) is 7.67. The van der Waals surface area contributed by atoms with Crippen molar-refractivity contribution >= 4 is 5.78 Å². The van der Waals surface area contributed by atoms with Gasteiger partial charge in [0.2, 0.25) is 0 Å². The molecule has 86 valence electrons. The molecule has 1 rings (SSSR count). The molecule has 0 saturated heterocycles. The lowest BCUT2D eigenvalue weighted by molar-refractivity contribution is -0.114. The Morgan fingerprint density at radius 1 is 1.40 bits per heavy atom. The third-order valence-electron chi connectivity index (χ3n) is 3.30. The predicted octanol–water partition coefficient (Wildman–Crippen LogP) is 2.85. The van der Waals surface area contributed by atoms with Gasteiger partial charge in [0, 0.05) is 6.42 Å². The summed E-state index contributed by atoms with van der Waals surface area (Å²) < 4.78 is 0. The van der Waals surface area contributed by atoms with E-state index in [1.807, 2.05) is 13.8 Å². The Hall–Kier alpha value is -0.630. The van der Waals surface area contributed by atoms with Gasteiger partial charge in [-0.2, -0.15) is 0 Å². The molecule has 0 heterocycles. The van der Waals surface area contributed by atoms with Crippen molar-refractivity contribution in [2.75, 3.05) is 0 Å². The molecule has 1 aliphatic carbocycles. The lowest BCUT2D eigenvalue weighted by atomic mass is 9.82. The average Bonchev–Trinajstić information content (AvgIpc) is 2.29. The number of carbonyl (C=O) groups excluding carboxylic acids is 1. The Bertz CT molecular complexity index is 237. The highest BCUT2D eigenvalue weighted by Crippen LogP contribution is 2.29. The van der Waals surface area contributed by atoms with Gasteiger partial charge in [-0.15, -0.1) is 0 Å². The Labute approximate surface area is 92.4 Å². The molecule has 0 bridgehead atoms. The molecule has 1 aliphatic rings. The van der Waals surface area contributed by atoms with E-state index in [4.69, 9.17) is 0 Å². The van der Waals surface area contributed by atoms with Crippen LogP contribution in [0.5, 0.6) is 0 Å². The summed E-state index contributed by atoms with van der Waals surface area (Å²) in [5.41, 5.74) is 0.841. The number of aliphatic hydroxyl groups is 1. The van der Waals surface area contributed by atoms with Crippen molar-refractivity contribution in [1.29, 1.82) is 0 Å². The fraction of sp³-hybridized carbons (Fsp3) is 0.769. The number of rotatable bonds is 4. The van der Waals surface area contributed by atoms with E-state index in [-0.39, 0.29) is 5.78 Å². The Morgan fingerprint density at radius 3 is 2.53 bits per heavy atom. The van der Waals surface area contributed by atoms with E-state index in [0.29, 0.717) is 12.3 Å². The molecule has 1 atom stereocenters. The van der Waals surface area contributed by atoms with Gasteiger partial charge in [-0.05, 0) is 37.3 Å². The number of aliphatic hydroxyl groups excluding tert-OH is 1. The zero-order valence-corrected chi connectivity index (χ0v) is 9.83. The fourth-order valence-electron chi connectivity index (χ4n) is 2.26. The zero-order chi connectivity index (χ0) is 11.3. The molecular weight excluding hydrogens is 188 g/mol. The van der Waals surface area contributed by atoms with Crippen molar-refractivity contribution in [3.63, 3.8) is 0 Å². The molecule has 1 N–H and O–H groups in total. The monoisotopic (exact) mass is 210 g/mol. The molecule has 0 aromatic rings. The van der Waals surface area contributed by atoms with Crippen LogP contribution >= 0.6 is 0 Å². The van der Waals surface area contributed by atoms with Gasteiger partial charge in [-0.1, -0.05) is 26.2 Å². The van der Waals surface area contributed by atoms with Crippen LogP contribution in [-0.2, 0) is 4.79 Å². The Balaban J connectivity index is 2.53. The fourth-order valence-corrected chi connectivity index (χ4v) is 2.26. The van der Waals surface area contributed by atoms with Crippen LogP contribution in [0, 0.1) is 5.92 Å². The third-order valence-corrected chi connectivity index (χ3v) is 3.30. The van der Waals surface area contributed by atoms with Crippen molar-refractivity contribution in [3.8, 4) is 0 Å². The topological polar surface area (TPSA) is 37.3 Å². The molecule has 2 heteroatoms. The van der Waals surface area contributed by atoms with Crippen LogP contribution in [0.15, 0.2) is 11.6 Å². The Morgan fingerprint density at radius 2 is 2.00 bits per heavy atom. The van der Waals surface area contributed by atoms with Gasteiger partial charge in [-0.3, -0.25) is 4.79 Å². The minimum absolute atomic E-state index is 0.113. The van der Waals surface area contributed by atoms with Crippen LogP contribution < -0.4 is 0 Å².